The van der Waals surface area contributed by atoms with Crippen molar-refractivity contribution in [3.8, 4) is 0 Å². The van der Waals surface area contributed by atoms with E-state index in [2.05, 4.69) is 27.7 Å². The Bertz CT molecular complexity index is 123. The third-order valence-corrected chi connectivity index (χ3v) is 1.50. The fourth-order valence-electron chi connectivity index (χ4n) is 0.880. The molecule has 0 spiro atoms. The van der Waals surface area contributed by atoms with Crippen molar-refractivity contribution in [1.29, 1.82) is 0 Å². The van der Waals surface area contributed by atoms with Gasteiger partial charge < -0.3 is 9.47 Å². The van der Waals surface area contributed by atoms with Crippen LogP contribution in [0, 0.1) is 11.8 Å². The van der Waals surface area contributed by atoms with Crippen molar-refractivity contribution in [3.63, 3.8) is 0 Å². The van der Waals surface area contributed by atoms with Crippen LogP contribution in [0.3, 0.4) is 0 Å². The van der Waals surface area contributed by atoms with Crippen LogP contribution in [0.25, 0.3) is 0 Å². The molecule has 2 nitrogen and oxygen atoms in total. The highest BCUT2D eigenvalue weighted by molar-refractivity contribution is 4.81. The number of ether oxygens (including phenoxy) is 2. The van der Waals surface area contributed by atoms with Crippen molar-refractivity contribution < 1.29 is 9.47 Å². The first-order chi connectivity index (χ1) is 6.63. The molecule has 0 aliphatic heterocycles. The molecule has 0 N–H and O–H groups in total. The van der Waals surface area contributed by atoms with E-state index in [0.717, 1.165) is 13.2 Å². The predicted octanol–water partition coefficient (Wildman–Crippen LogP) is 2.89. The molecule has 0 atom stereocenters. The van der Waals surface area contributed by atoms with Crippen molar-refractivity contribution in [2.24, 2.45) is 11.8 Å². The van der Waals surface area contributed by atoms with E-state index < -0.39 is 0 Å². The molecule has 0 heterocycles. The van der Waals surface area contributed by atoms with E-state index in [1.165, 1.54) is 0 Å². The highest BCUT2D eigenvalue weighted by Gasteiger charge is 1.91. The Balaban J connectivity index is 3.12. The summed E-state index contributed by atoms with van der Waals surface area (Å²) in [5.74, 6) is 1.22. The molecule has 0 amide bonds. The molecule has 14 heavy (non-hydrogen) atoms. The molecule has 0 rings (SSSR count). The zero-order valence-electron chi connectivity index (χ0n) is 9.95. The van der Waals surface area contributed by atoms with Gasteiger partial charge >= 0.3 is 0 Å². The van der Waals surface area contributed by atoms with Gasteiger partial charge in [-0.05, 0) is 11.8 Å². The van der Waals surface area contributed by atoms with Crippen molar-refractivity contribution in [2.45, 2.75) is 27.7 Å². The second-order valence-electron chi connectivity index (χ2n) is 4.33. The Labute approximate surface area is 88.3 Å². The first-order valence-corrected chi connectivity index (χ1v) is 5.43. The molecule has 0 radical (unpaired) electrons. The number of hydrogen-bond donors (Lipinski definition) is 0. The topological polar surface area (TPSA) is 18.5 Å². The minimum atomic E-state index is 0.612. The fraction of sp³-hybridized carbons (Fsp3) is 0.833. The molecule has 0 unspecified atom stereocenters. The molecule has 0 fully saturated rings. The molecule has 84 valence electrons. The SMILES string of the molecule is CC(C)COCC=CCOCC(C)C. The fourth-order valence-corrected chi connectivity index (χ4v) is 0.880. The van der Waals surface area contributed by atoms with E-state index in [1.807, 2.05) is 12.2 Å². The summed E-state index contributed by atoms with van der Waals surface area (Å²) in [7, 11) is 0. The lowest BCUT2D eigenvalue weighted by Gasteiger charge is -2.04. The van der Waals surface area contributed by atoms with Crippen LogP contribution >= 0.6 is 0 Å². The maximum absolute atomic E-state index is 5.38. The van der Waals surface area contributed by atoms with Crippen molar-refractivity contribution in [3.05, 3.63) is 12.2 Å². The second-order valence-corrected chi connectivity index (χ2v) is 4.33. The molecule has 0 bridgehead atoms. The smallest absolute Gasteiger partial charge is 0.0648 e. The molecular weight excluding hydrogens is 176 g/mol. The molecule has 0 saturated carbocycles. The Kier molecular flexibility index (Phi) is 9.00. The van der Waals surface area contributed by atoms with E-state index in [-0.39, 0.29) is 0 Å². The maximum atomic E-state index is 5.38. The average molecular weight is 200 g/mol. The van der Waals surface area contributed by atoms with Gasteiger partial charge in [-0.15, -0.1) is 0 Å². The Morgan fingerprint density at radius 2 is 1.14 bits per heavy atom. The number of rotatable bonds is 8. The lowest BCUT2D eigenvalue weighted by atomic mass is 10.2. The van der Waals surface area contributed by atoms with Gasteiger partial charge in [-0.1, -0.05) is 39.8 Å². The molecule has 0 aliphatic rings. The highest BCUT2D eigenvalue weighted by atomic mass is 16.5. The van der Waals surface area contributed by atoms with Crippen molar-refractivity contribution in [1.82, 2.24) is 0 Å². The van der Waals surface area contributed by atoms with Crippen LogP contribution in [-0.4, -0.2) is 26.4 Å². The van der Waals surface area contributed by atoms with Gasteiger partial charge in [-0.3, -0.25) is 0 Å². The van der Waals surface area contributed by atoms with Gasteiger partial charge in [0, 0.05) is 13.2 Å². The van der Waals surface area contributed by atoms with Crippen LogP contribution in [0.5, 0.6) is 0 Å². The summed E-state index contributed by atoms with van der Waals surface area (Å²) in [6, 6.07) is 0. The van der Waals surface area contributed by atoms with Crippen molar-refractivity contribution >= 4 is 0 Å². The second kappa shape index (κ2) is 9.22. The van der Waals surface area contributed by atoms with Crippen LogP contribution in [-0.2, 0) is 9.47 Å². The number of hydrogen-bond acceptors (Lipinski definition) is 2. The Morgan fingerprint density at radius 1 is 0.786 bits per heavy atom. The first kappa shape index (κ1) is 13.7. The van der Waals surface area contributed by atoms with E-state index in [9.17, 15) is 0 Å². The summed E-state index contributed by atoms with van der Waals surface area (Å²) < 4.78 is 10.8. The van der Waals surface area contributed by atoms with Crippen LogP contribution in [0.15, 0.2) is 12.2 Å². The lowest BCUT2D eigenvalue weighted by molar-refractivity contribution is 0.127. The molecule has 0 aromatic heterocycles. The minimum Gasteiger partial charge on any atom is -0.377 e. The van der Waals surface area contributed by atoms with Gasteiger partial charge in [0.05, 0.1) is 13.2 Å². The van der Waals surface area contributed by atoms with E-state index in [4.69, 9.17) is 9.47 Å². The highest BCUT2D eigenvalue weighted by Crippen LogP contribution is 1.93. The van der Waals surface area contributed by atoms with Gasteiger partial charge in [0.2, 0.25) is 0 Å². The van der Waals surface area contributed by atoms with E-state index >= 15 is 0 Å². The first-order valence-electron chi connectivity index (χ1n) is 5.43. The molecular formula is C12H24O2. The normalized spacial score (nSPS) is 12.1. The lowest BCUT2D eigenvalue weighted by Crippen LogP contribution is -2.03. The Hall–Kier alpha value is -0.340. The van der Waals surface area contributed by atoms with Gasteiger partial charge in [-0.25, -0.2) is 0 Å². The summed E-state index contributed by atoms with van der Waals surface area (Å²) in [5.41, 5.74) is 0. The summed E-state index contributed by atoms with van der Waals surface area (Å²) in [5, 5.41) is 0. The quantitative estimate of drug-likeness (QED) is 0.443. The average Bonchev–Trinajstić information content (AvgIpc) is 2.08. The molecule has 0 aromatic carbocycles. The van der Waals surface area contributed by atoms with Gasteiger partial charge in [-0.2, -0.15) is 0 Å². The minimum absolute atomic E-state index is 0.612. The summed E-state index contributed by atoms with van der Waals surface area (Å²) >= 11 is 0. The van der Waals surface area contributed by atoms with E-state index in [1.54, 1.807) is 0 Å². The summed E-state index contributed by atoms with van der Waals surface area (Å²) in [6.45, 7) is 11.6. The Morgan fingerprint density at radius 3 is 1.43 bits per heavy atom. The molecule has 2 heteroatoms. The zero-order chi connectivity index (χ0) is 10.8. The summed E-state index contributed by atoms with van der Waals surface area (Å²) in [6.07, 6.45) is 4.03. The van der Waals surface area contributed by atoms with Crippen LogP contribution in [0.2, 0.25) is 0 Å². The third-order valence-electron chi connectivity index (χ3n) is 1.50. The molecule has 0 saturated heterocycles. The predicted molar refractivity (Wildman–Crippen MR) is 60.5 cm³/mol. The molecule has 0 aromatic rings. The van der Waals surface area contributed by atoms with E-state index in [0.29, 0.717) is 25.0 Å². The standard InChI is InChI=1S/C12H24O2/c1-11(2)9-13-7-5-6-8-14-10-12(3)4/h5-6,11-12H,7-10H2,1-4H3. The van der Waals surface area contributed by atoms with Gasteiger partial charge in [0.25, 0.3) is 0 Å². The van der Waals surface area contributed by atoms with Gasteiger partial charge in [0.1, 0.15) is 0 Å². The van der Waals surface area contributed by atoms with Crippen LogP contribution in [0.1, 0.15) is 27.7 Å². The van der Waals surface area contributed by atoms with Crippen LogP contribution in [0.4, 0.5) is 0 Å². The zero-order valence-corrected chi connectivity index (χ0v) is 9.95. The van der Waals surface area contributed by atoms with Gasteiger partial charge in [0.15, 0.2) is 0 Å². The monoisotopic (exact) mass is 200 g/mol. The molecule has 0 aliphatic carbocycles. The maximum Gasteiger partial charge on any atom is 0.0648 e. The van der Waals surface area contributed by atoms with Crippen molar-refractivity contribution in [2.75, 3.05) is 26.4 Å². The van der Waals surface area contributed by atoms with Crippen LogP contribution < -0.4 is 0 Å². The summed E-state index contributed by atoms with van der Waals surface area (Å²) in [4.78, 5) is 0. The third kappa shape index (κ3) is 11.7. The largest absolute Gasteiger partial charge is 0.377 e.